The van der Waals surface area contributed by atoms with Gasteiger partial charge in [0.2, 0.25) is 0 Å². The zero-order valence-electron chi connectivity index (χ0n) is 10.6. The number of phenolic OH excluding ortho intramolecular Hbond substituents is 1. The van der Waals surface area contributed by atoms with Crippen LogP contribution in [0, 0.1) is 5.92 Å². The summed E-state index contributed by atoms with van der Waals surface area (Å²) in [5.41, 5.74) is 0.846. The van der Waals surface area contributed by atoms with Crippen molar-refractivity contribution in [3.63, 3.8) is 0 Å². The summed E-state index contributed by atoms with van der Waals surface area (Å²) in [6, 6.07) is 3.42. The van der Waals surface area contributed by atoms with Crippen molar-refractivity contribution in [2.45, 2.75) is 26.7 Å². The summed E-state index contributed by atoms with van der Waals surface area (Å²) in [7, 11) is 3.17. The fraction of sp³-hybridized carbons (Fsp3) is 0.538. The lowest BCUT2D eigenvalue weighted by atomic mass is 9.89. The maximum atomic E-state index is 9.99. The standard InChI is InChI=1S/C13H20O3/c1-8(2)9(3)13-11(14)6-10(15-4)7-12(13)16-5/h6-9,14H,1-5H3. The minimum atomic E-state index is 0.234. The molecule has 3 heteroatoms. The van der Waals surface area contributed by atoms with Gasteiger partial charge in [-0.1, -0.05) is 20.8 Å². The number of methoxy groups -OCH3 is 2. The topological polar surface area (TPSA) is 38.7 Å². The second-order valence-electron chi connectivity index (χ2n) is 4.30. The average Bonchev–Trinajstić information content (AvgIpc) is 2.26. The molecule has 0 saturated heterocycles. The van der Waals surface area contributed by atoms with Crippen LogP contribution < -0.4 is 9.47 Å². The SMILES string of the molecule is COc1cc(O)c(C(C)C(C)C)c(OC)c1. The Labute approximate surface area is 97.0 Å². The summed E-state index contributed by atoms with van der Waals surface area (Å²) >= 11 is 0. The van der Waals surface area contributed by atoms with E-state index in [0.717, 1.165) is 5.56 Å². The zero-order valence-corrected chi connectivity index (χ0v) is 10.6. The maximum Gasteiger partial charge on any atom is 0.129 e. The van der Waals surface area contributed by atoms with Crippen molar-refractivity contribution in [1.82, 2.24) is 0 Å². The fourth-order valence-corrected chi connectivity index (χ4v) is 1.67. The van der Waals surface area contributed by atoms with E-state index in [9.17, 15) is 5.11 Å². The molecule has 1 unspecified atom stereocenters. The smallest absolute Gasteiger partial charge is 0.129 e. The summed E-state index contributed by atoms with van der Waals surface area (Å²) < 4.78 is 10.4. The van der Waals surface area contributed by atoms with Crippen molar-refractivity contribution in [2.75, 3.05) is 14.2 Å². The summed E-state index contributed by atoms with van der Waals surface area (Å²) in [4.78, 5) is 0. The highest BCUT2D eigenvalue weighted by Gasteiger charge is 2.20. The lowest BCUT2D eigenvalue weighted by Gasteiger charge is -2.20. The van der Waals surface area contributed by atoms with Gasteiger partial charge in [-0.3, -0.25) is 0 Å². The largest absolute Gasteiger partial charge is 0.507 e. The molecular formula is C13H20O3. The van der Waals surface area contributed by atoms with E-state index in [1.54, 1.807) is 26.4 Å². The molecule has 3 nitrogen and oxygen atoms in total. The number of rotatable bonds is 4. The Balaban J connectivity index is 3.26. The molecule has 0 aliphatic heterocycles. The summed E-state index contributed by atoms with van der Waals surface area (Å²) in [6.07, 6.45) is 0. The maximum absolute atomic E-state index is 9.99. The second kappa shape index (κ2) is 5.10. The monoisotopic (exact) mass is 224 g/mol. The van der Waals surface area contributed by atoms with E-state index in [-0.39, 0.29) is 11.7 Å². The number of hydrogen-bond donors (Lipinski definition) is 1. The first-order valence-corrected chi connectivity index (χ1v) is 5.46. The molecule has 0 aliphatic rings. The summed E-state index contributed by atoms with van der Waals surface area (Å²) in [6.45, 7) is 6.32. The van der Waals surface area contributed by atoms with Crippen molar-refractivity contribution in [3.05, 3.63) is 17.7 Å². The van der Waals surface area contributed by atoms with Gasteiger partial charge in [0.25, 0.3) is 0 Å². The van der Waals surface area contributed by atoms with E-state index < -0.39 is 0 Å². The fourth-order valence-electron chi connectivity index (χ4n) is 1.67. The van der Waals surface area contributed by atoms with Crippen LogP contribution in [0.2, 0.25) is 0 Å². The van der Waals surface area contributed by atoms with Crippen LogP contribution in [-0.4, -0.2) is 19.3 Å². The number of ether oxygens (including phenoxy) is 2. The highest BCUT2D eigenvalue weighted by molar-refractivity contribution is 5.51. The Kier molecular flexibility index (Phi) is 4.05. The lowest BCUT2D eigenvalue weighted by Crippen LogP contribution is -2.05. The second-order valence-corrected chi connectivity index (χ2v) is 4.30. The number of benzene rings is 1. The molecule has 0 heterocycles. The van der Waals surface area contributed by atoms with Crippen LogP contribution in [0.4, 0.5) is 0 Å². The molecule has 0 radical (unpaired) electrons. The van der Waals surface area contributed by atoms with E-state index in [1.807, 2.05) is 0 Å². The van der Waals surface area contributed by atoms with Gasteiger partial charge in [0.15, 0.2) is 0 Å². The molecule has 1 atom stereocenters. The average molecular weight is 224 g/mol. The summed E-state index contributed by atoms with van der Waals surface area (Å²) in [5.74, 6) is 2.19. The van der Waals surface area contributed by atoms with E-state index >= 15 is 0 Å². The van der Waals surface area contributed by atoms with Crippen LogP contribution in [0.5, 0.6) is 17.2 Å². The third-order valence-corrected chi connectivity index (χ3v) is 3.00. The molecule has 90 valence electrons. The van der Waals surface area contributed by atoms with Crippen LogP contribution in [-0.2, 0) is 0 Å². The zero-order chi connectivity index (χ0) is 12.3. The predicted octanol–water partition coefficient (Wildman–Crippen LogP) is 3.17. The Morgan fingerprint density at radius 1 is 1.06 bits per heavy atom. The number of phenols is 1. The van der Waals surface area contributed by atoms with Crippen molar-refractivity contribution in [3.8, 4) is 17.2 Å². The first-order chi connectivity index (χ1) is 7.51. The lowest BCUT2D eigenvalue weighted by molar-refractivity contribution is 0.368. The number of hydrogen-bond acceptors (Lipinski definition) is 3. The van der Waals surface area contributed by atoms with Crippen LogP contribution in [0.1, 0.15) is 32.3 Å². The molecule has 1 aromatic rings. The van der Waals surface area contributed by atoms with Gasteiger partial charge < -0.3 is 14.6 Å². The van der Waals surface area contributed by atoms with E-state index in [1.165, 1.54) is 0 Å². The molecule has 0 aliphatic carbocycles. The minimum absolute atomic E-state index is 0.234. The van der Waals surface area contributed by atoms with Gasteiger partial charge >= 0.3 is 0 Å². The molecule has 0 saturated carbocycles. The molecule has 0 fully saturated rings. The van der Waals surface area contributed by atoms with Gasteiger partial charge in [-0.05, 0) is 11.8 Å². The predicted molar refractivity (Wildman–Crippen MR) is 64.5 cm³/mol. The highest BCUT2D eigenvalue weighted by atomic mass is 16.5. The number of aromatic hydroxyl groups is 1. The van der Waals surface area contributed by atoms with Crippen LogP contribution in [0.15, 0.2) is 12.1 Å². The van der Waals surface area contributed by atoms with E-state index in [0.29, 0.717) is 17.4 Å². The first-order valence-electron chi connectivity index (χ1n) is 5.46. The molecule has 16 heavy (non-hydrogen) atoms. The van der Waals surface area contributed by atoms with Gasteiger partial charge in [-0.15, -0.1) is 0 Å². The van der Waals surface area contributed by atoms with Crippen molar-refractivity contribution in [1.29, 1.82) is 0 Å². The molecule has 0 amide bonds. The van der Waals surface area contributed by atoms with Gasteiger partial charge in [0, 0.05) is 17.7 Å². The van der Waals surface area contributed by atoms with E-state index in [4.69, 9.17) is 9.47 Å². The Bertz CT molecular complexity index is 358. The molecule has 0 spiro atoms. The molecule has 1 N–H and O–H groups in total. The molecule has 0 aromatic heterocycles. The van der Waals surface area contributed by atoms with Crippen molar-refractivity contribution >= 4 is 0 Å². The van der Waals surface area contributed by atoms with Gasteiger partial charge in [-0.2, -0.15) is 0 Å². The quantitative estimate of drug-likeness (QED) is 0.853. The van der Waals surface area contributed by atoms with Crippen molar-refractivity contribution in [2.24, 2.45) is 5.92 Å². The molecule has 0 bridgehead atoms. The van der Waals surface area contributed by atoms with Crippen LogP contribution >= 0.6 is 0 Å². The normalized spacial score (nSPS) is 12.6. The summed E-state index contributed by atoms with van der Waals surface area (Å²) in [5, 5.41) is 9.99. The molecule has 1 aromatic carbocycles. The van der Waals surface area contributed by atoms with Gasteiger partial charge in [0.1, 0.15) is 17.2 Å². The molecule has 1 rings (SSSR count). The highest BCUT2D eigenvalue weighted by Crippen LogP contribution is 2.40. The Morgan fingerprint density at radius 2 is 1.69 bits per heavy atom. The Morgan fingerprint density at radius 3 is 2.12 bits per heavy atom. The first kappa shape index (κ1) is 12.7. The van der Waals surface area contributed by atoms with Gasteiger partial charge in [0.05, 0.1) is 14.2 Å². The molecular weight excluding hydrogens is 204 g/mol. The minimum Gasteiger partial charge on any atom is -0.507 e. The third-order valence-electron chi connectivity index (χ3n) is 3.00. The van der Waals surface area contributed by atoms with Crippen molar-refractivity contribution < 1.29 is 14.6 Å². The van der Waals surface area contributed by atoms with Crippen LogP contribution in [0.25, 0.3) is 0 Å². The van der Waals surface area contributed by atoms with Crippen LogP contribution in [0.3, 0.4) is 0 Å². The van der Waals surface area contributed by atoms with E-state index in [2.05, 4.69) is 20.8 Å². The Hall–Kier alpha value is -1.38. The van der Waals surface area contributed by atoms with Gasteiger partial charge in [-0.25, -0.2) is 0 Å². The third kappa shape index (κ3) is 2.40.